The maximum Gasteiger partial charge on any atom is 0.227 e. The van der Waals surface area contributed by atoms with Gasteiger partial charge >= 0.3 is 0 Å². The summed E-state index contributed by atoms with van der Waals surface area (Å²) in [5, 5.41) is 0. The van der Waals surface area contributed by atoms with E-state index in [1.54, 1.807) is 12.1 Å². The van der Waals surface area contributed by atoms with E-state index in [0.717, 1.165) is 37.1 Å². The number of nitrogens with zero attached hydrogens (tertiary/aromatic N) is 1. The number of hydrogen-bond donors (Lipinski definition) is 0. The summed E-state index contributed by atoms with van der Waals surface area (Å²) in [6, 6.07) is 12.2. The van der Waals surface area contributed by atoms with Gasteiger partial charge in [-0.25, -0.2) is 4.39 Å². The van der Waals surface area contributed by atoms with Crippen molar-refractivity contribution in [2.24, 2.45) is 5.92 Å². The smallest absolute Gasteiger partial charge is 0.227 e. The molecule has 0 spiro atoms. The molecule has 1 saturated heterocycles. The standard InChI is InChI=1S/C23H26FNO3/c1-16-11-19-12-17(4-9-22(19)28-16)13-23(26)25-10-2-3-18(14-25)15-27-21-7-5-20(24)6-8-21/h4-9,12,16,18H,2-3,10-11,13-15H2,1H3. The molecule has 0 N–H and O–H groups in total. The molecule has 2 aromatic rings. The van der Waals surface area contributed by atoms with Crippen LogP contribution in [0.2, 0.25) is 0 Å². The van der Waals surface area contributed by atoms with Crippen LogP contribution in [0, 0.1) is 11.7 Å². The molecule has 0 bridgehead atoms. The van der Waals surface area contributed by atoms with Crippen LogP contribution in [-0.4, -0.2) is 36.6 Å². The number of benzene rings is 2. The summed E-state index contributed by atoms with van der Waals surface area (Å²) in [5.41, 5.74) is 2.24. The largest absolute Gasteiger partial charge is 0.493 e. The van der Waals surface area contributed by atoms with Gasteiger partial charge in [0.25, 0.3) is 0 Å². The van der Waals surface area contributed by atoms with Crippen molar-refractivity contribution in [1.82, 2.24) is 4.90 Å². The normalized spacial score (nSPS) is 21.1. The summed E-state index contributed by atoms with van der Waals surface area (Å²) < 4.78 is 24.5. The van der Waals surface area contributed by atoms with E-state index >= 15 is 0 Å². The highest BCUT2D eigenvalue weighted by Gasteiger charge is 2.25. The first-order valence-electron chi connectivity index (χ1n) is 10.0. The van der Waals surface area contributed by atoms with Crippen LogP contribution in [0.5, 0.6) is 11.5 Å². The van der Waals surface area contributed by atoms with Crippen molar-refractivity contribution in [1.29, 1.82) is 0 Å². The van der Waals surface area contributed by atoms with Gasteiger partial charge in [-0.2, -0.15) is 0 Å². The molecule has 4 nitrogen and oxygen atoms in total. The van der Waals surface area contributed by atoms with Gasteiger partial charge in [0.1, 0.15) is 23.4 Å². The van der Waals surface area contributed by atoms with Crippen molar-refractivity contribution in [2.75, 3.05) is 19.7 Å². The van der Waals surface area contributed by atoms with Crippen LogP contribution >= 0.6 is 0 Å². The van der Waals surface area contributed by atoms with Crippen LogP contribution in [0.4, 0.5) is 4.39 Å². The molecule has 28 heavy (non-hydrogen) atoms. The number of halogens is 1. The number of rotatable bonds is 5. The number of ether oxygens (including phenoxy) is 2. The molecule has 0 aromatic heterocycles. The third kappa shape index (κ3) is 4.46. The molecule has 0 radical (unpaired) electrons. The summed E-state index contributed by atoms with van der Waals surface area (Å²) in [6.45, 7) is 4.12. The number of piperidine rings is 1. The minimum atomic E-state index is -0.269. The number of likely N-dealkylation sites (tertiary alicyclic amines) is 1. The Hall–Kier alpha value is -2.56. The Bertz CT molecular complexity index is 836. The Labute approximate surface area is 165 Å². The van der Waals surface area contributed by atoms with Crippen molar-refractivity contribution in [2.45, 2.75) is 38.7 Å². The lowest BCUT2D eigenvalue weighted by atomic mass is 9.98. The third-order valence-corrected chi connectivity index (χ3v) is 5.49. The fourth-order valence-electron chi connectivity index (χ4n) is 4.04. The molecule has 4 rings (SSSR count). The average molecular weight is 383 g/mol. The van der Waals surface area contributed by atoms with Gasteiger partial charge in [-0.3, -0.25) is 4.79 Å². The van der Waals surface area contributed by atoms with Crippen LogP contribution in [0.3, 0.4) is 0 Å². The Morgan fingerprint density at radius 1 is 1.25 bits per heavy atom. The first kappa shape index (κ1) is 18.8. The Morgan fingerprint density at radius 2 is 2.07 bits per heavy atom. The fourth-order valence-corrected chi connectivity index (χ4v) is 4.04. The number of hydrogen-bond acceptors (Lipinski definition) is 3. The molecular weight excluding hydrogens is 357 g/mol. The van der Waals surface area contributed by atoms with Crippen molar-refractivity contribution in [3.05, 3.63) is 59.4 Å². The molecule has 1 amide bonds. The van der Waals surface area contributed by atoms with Gasteiger partial charge in [-0.15, -0.1) is 0 Å². The zero-order valence-corrected chi connectivity index (χ0v) is 16.2. The summed E-state index contributed by atoms with van der Waals surface area (Å²) in [6.07, 6.45) is 3.57. The van der Waals surface area contributed by atoms with Crippen LogP contribution < -0.4 is 9.47 Å². The van der Waals surface area contributed by atoms with Gasteiger partial charge in [-0.05, 0) is 61.2 Å². The zero-order valence-electron chi connectivity index (χ0n) is 16.2. The van der Waals surface area contributed by atoms with Crippen LogP contribution in [0.1, 0.15) is 30.9 Å². The lowest BCUT2D eigenvalue weighted by Gasteiger charge is -2.32. The number of amides is 1. The summed E-state index contributed by atoms with van der Waals surface area (Å²) in [5.74, 6) is 1.81. The Kier molecular flexibility index (Phi) is 5.51. The summed E-state index contributed by atoms with van der Waals surface area (Å²) in [7, 11) is 0. The molecule has 2 aliphatic rings. The third-order valence-electron chi connectivity index (χ3n) is 5.49. The molecule has 2 unspecified atom stereocenters. The predicted molar refractivity (Wildman–Crippen MR) is 105 cm³/mol. The van der Waals surface area contributed by atoms with E-state index in [1.807, 2.05) is 17.0 Å². The highest BCUT2D eigenvalue weighted by Crippen LogP contribution is 2.29. The maximum atomic E-state index is 13.0. The van der Waals surface area contributed by atoms with Crippen LogP contribution in [-0.2, 0) is 17.6 Å². The molecule has 0 aliphatic carbocycles. The van der Waals surface area contributed by atoms with E-state index in [0.29, 0.717) is 31.2 Å². The highest BCUT2D eigenvalue weighted by molar-refractivity contribution is 5.79. The van der Waals surface area contributed by atoms with Crippen LogP contribution in [0.15, 0.2) is 42.5 Å². The molecule has 2 atom stereocenters. The molecule has 5 heteroatoms. The number of carbonyl (C=O) groups is 1. The summed E-state index contributed by atoms with van der Waals surface area (Å²) >= 11 is 0. The monoisotopic (exact) mass is 383 g/mol. The fraction of sp³-hybridized carbons (Fsp3) is 0.435. The van der Waals surface area contributed by atoms with E-state index < -0.39 is 0 Å². The summed E-state index contributed by atoms with van der Waals surface area (Å²) in [4.78, 5) is 14.8. The number of carbonyl (C=O) groups excluding carboxylic acids is 1. The average Bonchev–Trinajstić information content (AvgIpc) is 3.07. The van der Waals surface area contributed by atoms with Gasteiger partial charge in [0, 0.05) is 25.4 Å². The molecule has 2 aliphatic heterocycles. The highest BCUT2D eigenvalue weighted by atomic mass is 19.1. The predicted octanol–water partition coefficient (Wildman–Crippen LogP) is 4.01. The lowest BCUT2D eigenvalue weighted by molar-refractivity contribution is -0.132. The number of fused-ring (bicyclic) bond motifs is 1. The quantitative estimate of drug-likeness (QED) is 0.783. The van der Waals surface area contributed by atoms with Gasteiger partial charge in [0.15, 0.2) is 0 Å². The van der Waals surface area contributed by atoms with Crippen molar-refractivity contribution in [3.8, 4) is 11.5 Å². The zero-order chi connectivity index (χ0) is 19.5. The van der Waals surface area contributed by atoms with Crippen molar-refractivity contribution < 1.29 is 18.7 Å². The second-order valence-electron chi connectivity index (χ2n) is 7.86. The van der Waals surface area contributed by atoms with E-state index in [1.165, 1.54) is 17.7 Å². The van der Waals surface area contributed by atoms with E-state index in [9.17, 15) is 9.18 Å². The molecule has 148 valence electrons. The Balaban J connectivity index is 1.31. The van der Waals surface area contributed by atoms with Crippen molar-refractivity contribution in [3.63, 3.8) is 0 Å². The van der Waals surface area contributed by atoms with E-state index in [4.69, 9.17) is 9.47 Å². The lowest BCUT2D eigenvalue weighted by Crippen LogP contribution is -2.42. The minimum absolute atomic E-state index is 0.165. The topological polar surface area (TPSA) is 38.8 Å². The van der Waals surface area contributed by atoms with Gasteiger partial charge in [-0.1, -0.05) is 12.1 Å². The van der Waals surface area contributed by atoms with Gasteiger partial charge in [0.05, 0.1) is 13.0 Å². The maximum absolute atomic E-state index is 13.0. The molecule has 2 heterocycles. The minimum Gasteiger partial charge on any atom is -0.493 e. The Morgan fingerprint density at radius 3 is 2.89 bits per heavy atom. The molecule has 0 saturated carbocycles. The van der Waals surface area contributed by atoms with E-state index in [2.05, 4.69) is 13.0 Å². The van der Waals surface area contributed by atoms with E-state index in [-0.39, 0.29) is 17.8 Å². The second-order valence-corrected chi connectivity index (χ2v) is 7.86. The first-order valence-corrected chi connectivity index (χ1v) is 10.0. The molecular formula is C23H26FNO3. The first-order chi connectivity index (χ1) is 13.6. The molecule has 2 aromatic carbocycles. The second kappa shape index (κ2) is 8.21. The van der Waals surface area contributed by atoms with Crippen LogP contribution in [0.25, 0.3) is 0 Å². The van der Waals surface area contributed by atoms with Crippen molar-refractivity contribution >= 4 is 5.91 Å². The SMILES string of the molecule is CC1Cc2cc(CC(=O)N3CCCC(COc4ccc(F)cc4)C3)ccc2O1. The van der Waals surface area contributed by atoms with Gasteiger partial charge in [0.2, 0.25) is 5.91 Å². The molecule has 1 fully saturated rings. The van der Waals surface area contributed by atoms with Gasteiger partial charge < -0.3 is 14.4 Å².